The van der Waals surface area contributed by atoms with Gasteiger partial charge >= 0.3 is 5.97 Å². The van der Waals surface area contributed by atoms with Gasteiger partial charge in [0.1, 0.15) is 5.58 Å². The highest BCUT2D eigenvalue weighted by molar-refractivity contribution is 14.1. The van der Waals surface area contributed by atoms with Gasteiger partial charge in [-0.2, -0.15) is 9.78 Å². The molecule has 2 aromatic heterocycles. The number of fused-ring (bicyclic) bond motifs is 2. The fraction of sp³-hybridized carbons (Fsp3) is 0.200. The second kappa shape index (κ2) is 12.3. The van der Waals surface area contributed by atoms with Crippen molar-refractivity contribution < 1.29 is 23.4 Å². The first-order valence-corrected chi connectivity index (χ1v) is 14.3. The second-order valence-corrected chi connectivity index (χ2v) is 10.5. The summed E-state index contributed by atoms with van der Waals surface area (Å²) < 4.78 is 24.7. The summed E-state index contributed by atoms with van der Waals surface area (Å²) in [6.45, 7) is 5.82. The number of halogens is 2. The van der Waals surface area contributed by atoms with E-state index in [0.717, 1.165) is 5.39 Å². The van der Waals surface area contributed by atoms with Gasteiger partial charge in [-0.3, -0.25) is 4.79 Å². The molecule has 0 radical (unpaired) electrons. The summed E-state index contributed by atoms with van der Waals surface area (Å²) in [4.78, 5) is 30.4. The summed E-state index contributed by atoms with van der Waals surface area (Å²) in [5.74, 6) is 0.968. The molecule has 0 aliphatic carbocycles. The minimum Gasteiger partial charge on any atom is -0.490 e. The Balaban J connectivity index is 1.59. The van der Waals surface area contributed by atoms with Crippen molar-refractivity contribution in [3.8, 4) is 23.1 Å². The molecule has 5 aromatic rings. The van der Waals surface area contributed by atoms with E-state index in [1.807, 2.05) is 19.1 Å². The Bertz CT molecular complexity index is 1850. The number of hydrogen-bond donors (Lipinski definition) is 0. The number of esters is 1. The highest BCUT2D eigenvalue weighted by Gasteiger charge is 2.21. The van der Waals surface area contributed by atoms with Crippen LogP contribution >= 0.6 is 34.2 Å². The molecule has 2 heterocycles. The van der Waals surface area contributed by atoms with Gasteiger partial charge in [0.2, 0.25) is 5.82 Å². The van der Waals surface area contributed by atoms with Crippen LogP contribution in [-0.4, -0.2) is 41.2 Å². The third kappa shape index (κ3) is 6.08. The van der Waals surface area contributed by atoms with E-state index < -0.39 is 12.1 Å². The van der Waals surface area contributed by atoms with Crippen molar-refractivity contribution >= 4 is 68.2 Å². The zero-order valence-electron chi connectivity index (χ0n) is 22.4. The lowest BCUT2D eigenvalue weighted by molar-refractivity contribution is -0.150. The first-order valence-electron chi connectivity index (χ1n) is 12.8. The van der Waals surface area contributed by atoms with Crippen LogP contribution in [0.15, 0.2) is 75.0 Å². The summed E-state index contributed by atoms with van der Waals surface area (Å²) in [6, 6.07) is 17.6. The average molecular weight is 686 g/mol. The molecule has 0 aliphatic rings. The number of nitrogens with zero attached hydrogens (tertiary/aromatic N) is 3. The van der Waals surface area contributed by atoms with Crippen LogP contribution in [0.2, 0.25) is 5.02 Å². The van der Waals surface area contributed by atoms with Gasteiger partial charge in [-0.1, -0.05) is 23.7 Å². The highest BCUT2D eigenvalue weighted by Crippen LogP contribution is 2.35. The minimum atomic E-state index is -0.828. The molecule has 0 aliphatic heterocycles. The number of aromatic nitrogens is 2. The molecule has 0 saturated carbocycles. The summed E-state index contributed by atoms with van der Waals surface area (Å²) in [5, 5.41) is 6.28. The van der Waals surface area contributed by atoms with Crippen LogP contribution in [0.25, 0.3) is 33.5 Å². The SMILES string of the molecule is CCOC(=O)[C@H](C)Oc1c(I)cc(C=Nn2c(-c3cc4cc(Cl)ccc4o3)nc3ccccc3c2=O)cc1OCC. The molecule has 0 spiro atoms. The molecule has 210 valence electrons. The predicted octanol–water partition coefficient (Wildman–Crippen LogP) is 6.68. The van der Waals surface area contributed by atoms with Crippen LogP contribution < -0.4 is 15.0 Å². The van der Waals surface area contributed by atoms with Crippen molar-refractivity contribution in [2.45, 2.75) is 26.9 Å². The van der Waals surface area contributed by atoms with Gasteiger partial charge in [0.05, 0.1) is 33.9 Å². The molecule has 0 amide bonds. The average Bonchev–Trinajstić information content (AvgIpc) is 3.37. The van der Waals surface area contributed by atoms with Gasteiger partial charge in [0, 0.05) is 10.4 Å². The molecule has 9 nitrogen and oxygen atoms in total. The van der Waals surface area contributed by atoms with Crippen molar-refractivity contribution in [2.75, 3.05) is 13.2 Å². The minimum absolute atomic E-state index is 0.236. The lowest BCUT2D eigenvalue weighted by Crippen LogP contribution is -2.26. The molecule has 11 heteroatoms. The fourth-order valence-corrected chi connectivity index (χ4v) is 5.10. The first kappa shape index (κ1) is 28.6. The van der Waals surface area contributed by atoms with E-state index in [2.05, 4.69) is 27.7 Å². The number of hydrogen-bond acceptors (Lipinski definition) is 8. The van der Waals surface area contributed by atoms with Gasteiger partial charge < -0.3 is 18.6 Å². The maximum absolute atomic E-state index is 13.6. The Kier molecular flexibility index (Phi) is 8.60. The standard InChI is InChI=1S/C30H25ClIN3O6/c1-4-38-25-13-18(12-22(32)27(25)40-17(3)30(37)39-5-2)16-33-35-28(34-23-9-7-6-8-21(23)29(35)36)26-15-19-14-20(31)10-11-24(19)41-26/h6-17H,4-5H2,1-3H3/t17-/m0/s1. The maximum Gasteiger partial charge on any atom is 0.347 e. The van der Waals surface area contributed by atoms with E-state index in [-0.39, 0.29) is 18.0 Å². The monoisotopic (exact) mass is 685 g/mol. The number of rotatable bonds is 9. The molecule has 0 N–H and O–H groups in total. The van der Waals surface area contributed by atoms with E-state index in [1.165, 1.54) is 10.9 Å². The van der Waals surface area contributed by atoms with Gasteiger partial charge in [-0.05, 0) is 97.5 Å². The largest absolute Gasteiger partial charge is 0.490 e. The van der Waals surface area contributed by atoms with Crippen LogP contribution in [0, 0.1) is 3.57 Å². The lowest BCUT2D eigenvalue weighted by atomic mass is 10.2. The van der Waals surface area contributed by atoms with Crippen LogP contribution in [0.3, 0.4) is 0 Å². The second-order valence-electron chi connectivity index (χ2n) is 8.88. The Labute approximate surface area is 253 Å². The van der Waals surface area contributed by atoms with Crippen LogP contribution in [-0.2, 0) is 9.53 Å². The summed E-state index contributed by atoms with van der Waals surface area (Å²) in [5.41, 5.74) is 1.40. The van der Waals surface area contributed by atoms with E-state index in [9.17, 15) is 9.59 Å². The fourth-order valence-electron chi connectivity index (χ4n) is 4.16. The van der Waals surface area contributed by atoms with E-state index in [4.69, 9.17) is 35.2 Å². The molecule has 0 fully saturated rings. The molecule has 1 atom stereocenters. The summed E-state index contributed by atoms with van der Waals surface area (Å²) in [6.07, 6.45) is 0.704. The van der Waals surface area contributed by atoms with Crippen molar-refractivity contribution in [1.82, 2.24) is 9.66 Å². The number of carbonyl (C=O) groups excluding carboxylic acids is 1. The number of ether oxygens (including phenoxy) is 3. The quantitative estimate of drug-likeness (QED) is 0.0969. The van der Waals surface area contributed by atoms with Crippen molar-refractivity contribution in [2.24, 2.45) is 5.10 Å². The number of benzene rings is 3. The zero-order valence-corrected chi connectivity index (χ0v) is 25.3. The Morgan fingerprint density at radius 2 is 1.95 bits per heavy atom. The molecule has 0 bridgehead atoms. The maximum atomic E-state index is 13.6. The van der Waals surface area contributed by atoms with Crippen molar-refractivity contribution in [3.63, 3.8) is 0 Å². The smallest absolute Gasteiger partial charge is 0.347 e. The third-order valence-corrected chi connectivity index (χ3v) is 7.06. The molecule has 5 rings (SSSR count). The molecule has 3 aromatic carbocycles. The van der Waals surface area contributed by atoms with Crippen molar-refractivity contribution in [1.29, 1.82) is 0 Å². The zero-order chi connectivity index (χ0) is 29.1. The van der Waals surface area contributed by atoms with E-state index >= 15 is 0 Å². The van der Waals surface area contributed by atoms with Gasteiger partial charge in [-0.15, -0.1) is 0 Å². The van der Waals surface area contributed by atoms with E-state index in [1.54, 1.807) is 62.4 Å². The number of furan rings is 1. The van der Waals surface area contributed by atoms with Crippen LogP contribution in [0.1, 0.15) is 26.3 Å². The lowest BCUT2D eigenvalue weighted by Gasteiger charge is -2.18. The first-order chi connectivity index (χ1) is 19.8. The van der Waals surface area contributed by atoms with Gasteiger partial charge in [0.25, 0.3) is 5.56 Å². The topological polar surface area (TPSA) is 105 Å². The van der Waals surface area contributed by atoms with E-state index in [0.29, 0.717) is 54.5 Å². The predicted molar refractivity (Wildman–Crippen MR) is 166 cm³/mol. The Morgan fingerprint density at radius 3 is 2.73 bits per heavy atom. The van der Waals surface area contributed by atoms with Crippen molar-refractivity contribution in [3.05, 3.63) is 85.2 Å². The summed E-state index contributed by atoms with van der Waals surface area (Å²) >= 11 is 8.27. The van der Waals surface area contributed by atoms with Gasteiger partial charge in [0.15, 0.2) is 23.4 Å². The Morgan fingerprint density at radius 1 is 1.15 bits per heavy atom. The number of para-hydroxylation sites is 1. The molecule has 0 saturated heterocycles. The van der Waals surface area contributed by atoms with Crippen LogP contribution in [0.5, 0.6) is 11.5 Å². The molecular weight excluding hydrogens is 661 g/mol. The molecule has 0 unspecified atom stereocenters. The number of carbonyl (C=O) groups is 1. The molecular formula is C30H25ClIN3O6. The molecule has 41 heavy (non-hydrogen) atoms. The van der Waals surface area contributed by atoms with Crippen LogP contribution in [0.4, 0.5) is 0 Å². The summed E-state index contributed by atoms with van der Waals surface area (Å²) in [7, 11) is 0. The highest BCUT2D eigenvalue weighted by atomic mass is 127. The normalized spacial score (nSPS) is 12.2. The van der Waals surface area contributed by atoms with Gasteiger partial charge in [-0.25, -0.2) is 9.78 Å². The Hall–Kier alpha value is -3.90. The third-order valence-electron chi connectivity index (χ3n) is 6.02.